The van der Waals surface area contributed by atoms with Crippen LogP contribution in [0, 0.1) is 0 Å². The highest BCUT2D eigenvalue weighted by molar-refractivity contribution is 7.80. The van der Waals surface area contributed by atoms with E-state index in [1.165, 1.54) is 13.2 Å². The number of hydrogen-bond acceptors (Lipinski definition) is 4. The van der Waals surface area contributed by atoms with E-state index in [0.29, 0.717) is 23.7 Å². The van der Waals surface area contributed by atoms with Crippen molar-refractivity contribution >= 4 is 23.1 Å². The molecule has 1 aromatic carbocycles. The van der Waals surface area contributed by atoms with E-state index in [0.717, 1.165) is 12.8 Å². The molecule has 0 spiro atoms. The number of ether oxygens (including phenoxy) is 1. The molecule has 1 amide bonds. The lowest BCUT2D eigenvalue weighted by Gasteiger charge is -2.22. The van der Waals surface area contributed by atoms with Gasteiger partial charge in [0.15, 0.2) is 0 Å². The lowest BCUT2D eigenvalue weighted by atomic mass is 10.1. The molecule has 0 unspecified atom stereocenters. The molecule has 0 aromatic heterocycles. The largest absolute Gasteiger partial charge is 0.507 e. The summed E-state index contributed by atoms with van der Waals surface area (Å²) in [6.07, 6.45) is 2.47. The quantitative estimate of drug-likeness (QED) is 0.781. The number of nitrogens with two attached hydrogens (primary N) is 1. The van der Waals surface area contributed by atoms with Crippen molar-refractivity contribution in [2.45, 2.75) is 25.3 Å². The Hall–Kier alpha value is -1.82. The molecule has 3 N–H and O–H groups in total. The molecule has 20 heavy (non-hydrogen) atoms. The van der Waals surface area contributed by atoms with Crippen LogP contribution in [0.1, 0.15) is 29.6 Å². The van der Waals surface area contributed by atoms with Crippen LogP contribution in [-0.4, -0.2) is 40.6 Å². The number of phenolic OH excluding ortho intramolecular Hbond substituents is 1. The van der Waals surface area contributed by atoms with Gasteiger partial charge in [-0.25, -0.2) is 0 Å². The van der Waals surface area contributed by atoms with Gasteiger partial charge in [-0.15, -0.1) is 0 Å². The minimum absolute atomic E-state index is 0.0738. The maximum absolute atomic E-state index is 12.5. The van der Waals surface area contributed by atoms with E-state index < -0.39 is 0 Å². The summed E-state index contributed by atoms with van der Waals surface area (Å²) in [5.41, 5.74) is 5.77. The summed E-state index contributed by atoms with van der Waals surface area (Å²) in [7, 11) is 1.51. The van der Waals surface area contributed by atoms with Crippen molar-refractivity contribution in [1.29, 1.82) is 0 Å². The fraction of sp³-hybridized carbons (Fsp3) is 0.429. The molecule has 1 fully saturated rings. The number of phenols is 1. The van der Waals surface area contributed by atoms with Crippen LogP contribution >= 0.6 is 12.2 Å². The van der Waals surface area contributed by atoms with Crippen LogP contribution in [0.4, 0.5) is 0 Å². The topological polar surface area (TPSA) is 75.8 Å². The number of methoxy groups -OCH3 is 1. The van der Waals surface area contributed by atoms with Crippen molar-refractivity contribution in [2.75, 3.05) is 13.7 Å². The first-order chi connectivity index (χ1) is 9.52. The van der Waals surface area contributed by atoms with Gasteiger partial charge in [-0.1, -0.05) is 12.2 Å². The van der Waals surface area contributed by atoms with Gasteiger partial charge in [0.25, 0.3) is 5.91 Å². The van der Waals surface area contributed by atoms with Crippen molar-refractivity contribution in [1.82, 2.24) is 4.90 Å². The molecule has 1 aliphatic carbocycles. The Kier molecular flexibility index (Phi) is 4.44. The van der Waals surface area contributed by atoms with Crippen LogP contribution in [0.25, 0.3) is 0 Å². The zero-order valence-electron chi connectivity index (χ0n) is 11.3. The predicted molar refractivity (Wildman–Crippen MR) is 80.1 cm³/mol. The number of carbonyl (C=O) groups excluding carboxylic acids is 1. The number of hydrogen-bond donors (Lipinski definition) is 2. The summed E-state index contributed by atoms with van der Waals surface area (Å²) in [6.45, 7) is 0.490. The molecule has 1 aromatic rings. The lowest BCUT2D eigenvalue weighted by Crippen LogP contribution is -2.35. The molecule has 2 rings (SSSR count). The van der Waals surface area contributed by atoms with Crippen molar-refractivity contribution in [3.8, 4) is 11.5 Å². The number of benzene rings is 1. The minimum Gasteiger partial charge on any atom is -0.507 e. The van der Waals surface area contributed by atoms with Gasteiger partial charge in [0.05, 0.1) is 17.7 Å². The van der Waals surface area contributed by atoms with Gasteiger partial charge in [0.2, 0.25) is 0 Å². The summed E-state index contributed by atoms with van der Waals surface area (Å²) in [4.78, 5) is 14.6. The molecule has 0 bridgehead atoms. The maximum atomic E-state index is 12.5. The molecule has 0 radical (unpaired) electrons. The molecular weight excluding hydrogens is 276 g/mol. The summed E-state index contributed by atoms with van der Waals surface area (Å²) in [6, 6.07) is 4.91. The molecule has 0 saturated heterocycles. The molecule has 0 aliphatic heterocycles. The lowest BCUT2D eigenvalue weighted by molar-refractivity contribution is 0.0745. The standard InChI is InChI=1S/C14H18N2O3S/c1-19-10-4-5-11(12(17)8-10)14(18)16(9-2-3-9)7-6-13(15)20/h4-5,8-9,17H,2-3,6-7H2,1H3,(H2,15,20). The summed E-state index contributed by atoms with van der Waals surface area (Å²) in [5.74, 6) is 0.249. The number of rotatable bonds is 6. The minimum atomic E-state index is -0.191. The highest BCUT2D eigenvalue weighted by Crippen LogP contribution is 2.31. The first-order valence-electron chi connectivity index (χ1n) is 6.49. The molecule has 5 nitrogen and oxygen atoms in total. The van der Waals surface area contributed by atoms with Crippen molar-refractivity contribution in [3.05, 3.63) is 23.8 Å². The second-order valence-corrected chi connectivity index (χ2v) is 5.35. The van der Waals surface area contributed by atoms with Crippen LogP contribution in [0.3, 0.4) is 0 Å². The number of carbonyl (C=O) groups is 1. The third kappa shape index (κ3) is 3.39. The van der Waals surface area contributed by atoms with Crippen molar-refractivity contribution < 1.29 is 14.6 Å². The number of aromatic hydroxyl groups is 1. The van der Waals surface area contributed by atoms with Gasteiger partial charge in [-0.3, -0.25) is 4.79 Å². The summed E-state index contributed by atoms with van der Waals surface area (Å²) < 4.78 is 5.01. The van der Waals surface area contributed by atoms with Gasteiger partial charge in [-0.2, -0.15) is 0 Å². The average Bonchev–Trinajstić information content (AvgIpc) is 3.22. The van der Waals surface area contributed by atoms with Gasteiger partial charge in [-0.05, 0) is 25.0 Å². The van der Waals surface area contributed by atoms with Gasteiger partial charge in [0.1, 0.15) is 11.5 Å². The maximum Gasteiger partial charge on any atom is 0.257 e. The summed E-state index contributed by atoms with van der Waals surface area (Å²) >= 11 is 4.86. The Balaban J connectivity index is 2.16. The van der Waals surface area contributed by atoms with Gasteiger partial charge >= 0.3 is 0 Å². The highest BCUT2D eigenvalue weighted by atomic mass is 32.1. The molecule has 0 atom stereocenters. The average molecular weight is 294 g/mol. The fourth-order valence-corrected chi connectivity index (χ4v) is 2.13. The summed E-state index contributed by atoms with van der Waals surface area (Å²) in [5, 5.41) is 9.94. The van der Waals surface area contributed by atoms with Crippen LogP contribution in [-0.2, 0) is 0 Å². The van der Waals surface area contributed by atoms with Crippen LogP contribution in [0.2, 0.25) is 0 Å². The Morgan fingerprint density at radius 1 is 1.55 bits per heavy atom. The number of thiocarbonyl (C=S) groups is 1. The zero-order valence-corrected chi connectivity index (χ0v) is 12.2. The van der Waals surface area contributed by atoms with Crippen molar-refractivity contribution in [3.63, 3.8) is 0 Å². The van der Waals surface area contributed by atoms with Crippen LogP contribution in [0.15, 0.2) is 18.2 Å². The fourth-order valence-electron chi connectivity index (χ4n) is 2.04. The van der Waals surface area contributed by atoms with E-state index in [9.17, 15) is 9.90 Å². The second-order valence-electron chi connectivity index (χ2n) is 4.83. The predicted octanol–water partition coefficient (Wildman–Crippen LogP) is 1.68. The Morgan fingerprint density at radius 2 is 2.25 bits per heavy atom. The van der Waals surface area contributed by atoms with Gasteiger partial charge in [0, 0.05) is 25.1 Å². The van der Waals surface area contributed by atoms with E-state index in [2.05, 4.69) is 0 Å². The second kappa shape index (κ2) is 6.09. The third-order valence-corrected chi connectivity index (χ3v) is 3.49. The molecule has 1 aliphatic rings. The first-order valence-corrected chi connectivity index (χ1v) is 6.90. The highest BCUT2D eigenvalue weighted by Gasteiger charge is 2.33. The Morgan fingerprint density at radius 3 is 2.75 bits per heavy atom. The van der Waals surface area contributed by atoms with E-state index in [1.807, 2.05) is 0 Å². The SMILES string of the molecule is COc1ccc(C(=O)N(CCC(N)=S)C2CC2)c(O)c1. The van der Waals surface area contributed by atoms with Crippen LogP contribution in [0.5, 0.6) is 11.5 Å². The molecule has 6 heteroatoms. The van der Waals surface area contributed by atoms with E-state index in [-0.39, 0.29) is 23.3 Å². The van der Waals surface area contributed by atoms with Gasteiger partial charge < -0.3 is 20.5 Å². The first kappa shape index (κ1) is 14.6. The monoisotopic (exact) mass is 294 g/mol. The Labute approximate surface area is 123 Å². The number of nitrogens with zero attached hydrogens (tertiary/aromatic N) is 1. The van der Waals surface area contributed by atoms with E-state index >= 15 is 0 Å². The van der Waals surface area contributed by atoms with E-state index in [1.54, 1.807) is 17.0 Å². The molecule has 1 saturated carbocycles. The smallest absolute Gasteiger partial charge is 0.257 e. The number of amides is 1. The molecule has 108 valence electrons. The Bertz CT molecular complexity index is 529. The van der Waals surface area contributed by atoms with E-state index in [4.69, 9.17) is 22.7 Å². The van der Waals surface area contributed by atoms with Crippen LogP contribution < -0.4 is 10.5 Å². The molecular formula is C14H18N2O3S. The normalized spacial score (nSPS) is 13.8. The third-order valence-electron chi connectivity index (χ3n) is 3.28. The molecule has 0 heterocycles. The zero-order chi connectivity index (χ0) is 14.7. The van der Waals surface area contributed by atoms with Crippen molar-refractivity contribution in [2.24, 2.45) is 5.73 Å².